The van der Waals surface area contributed by atoms with Crippen molar-refractivity contribution in [2.75, 3.05) is 7.11 Å². The van der Waals surface area contributed by atoms with Crippen LogP contribution in [0.25, 0.3) is 22.3 Å². The highest BCUT2D eigenvalue weighted by Gasteiger charge is 2.30. The van der Waals surface area contributed by atoms with E-state index in [4.69, 9.17) is 4.74 Å². The third-order valence-corrected chi connectivity index (χ3v) is 6.32. The van der Waals surface area contributed by atoms with Crippen molar-refractivity contribution in [3.05, 3.63) is 31.0 Å². The first-order valence-electron chi connectivity index (χ1n) is 10.7. The molecule has 1 atom stereocenters. The van der Waals surface area contributed by atoms with Crippen LogP contribution in [0.15, 0.2) is 31.0 Å². The van der Waals surface area contributed by atoms with Crippen LogP contribution in [0, 0.1) is 22.7 Å². The number of fused-ring (bicyclic) bond motifs is 1. The Hall–Kier alpha value is -3.21. The van der Waals surface area contributed by atoms with E-state index in [1.807, 2.05) is 47.8 Å². The number of rotatable bonds is 7. The first-order chi connectivity index (χ1) is 14.9. The van der Waals surface area contributed by atoms with Crippen LogP contribution in [-0.2, 0) is 16.1 Å². The highest BCUT2D eigenvalue weighted by Crippen LogP contribution is 2.37. The molecule has 31 heavy (non-hydrogen) atoms. The van der Waals surface area contributed by atoms with E-state index in [0.29, 0.717) is 18.9 Å². The molecule has 4 rings (SSSR count). The molecule has 0 N–H and O–H groups in total. The van der Waals surface area contributed by atoms with E-state index in [9.17, 15) is 10.1 Å². The predicted molar refractivity (Wildman–Crippen MR) is 116 cm³/mol. The van der Waals surface area contributed by atoms with Crippen LogP contribution in [0.5, 0.6) is 0 Å². The molecule has 1 fully saturated rings. The highest BCUT2D eigenvalue weighted by molar-refractivity contribution is 5.90. The highest BCUT2D eigenvalue weighted by atomic mass is 16.5. The van der Waals surface area contributed by atoms with E-state index < -0.39 is 5.41 Å². The number of carbonyl (C=O) groups is 1. The lowest BCUT2D eigenvalue weighted by Gasteiger charge is -2.22. The van der Waals surface area contributed by atoms with Crippen LogP contribution in [0.1, 0.15) is 52.0 Å². The monoisotopic (exact) mass is 420 g/mol. The molecular formula is C23H28N6O2. The molecule has 0 unspecified atom stereocenters. The first kappa shape index (κ1) is 21.0. The number of esters is 1. The Kier molecular flexibility index (Phi) is 5.77. The Labute approximate surface area is 181 Å². The zero-order valence-electron chi connectivity index (χ0n) is 18.3. The fourth-order valence-corrected chi connectivity index (χ4v) is 4.68. The minimum atomic E-state index is -0.678. The summed E-state index contributed by atoms with van der Waals surface area (Å²) in [5.74, 6) is 0.236. The Morgan fingerprint density at radius 2 is 2.13 bits per heavy atom. The van der Waals surface area contributed by atoms with Crippen molar-refractivity contribution < 1.29 is 9.53 Å². The number of methoxy groups -OCH3 is 1. The maximum absolute atomic E-state index is 12.1. The van der Waals surface area contributed by atoms with Crippen LogP contribution in [0.3, 0.4) is 0 Å². The normalized spacial score (nSPS) is 15.8. The fraction of sp³-hybridized carbons (Fsp3) is 0.522. The number of ether oxygens (including phenoxy) is 1. The molecule has 8 nitrogen and oxygen atoms in total. The molecule has 1 saturated carbocycles. The third kappa shape index (κ3) is 4.05. The van der Waals surface area contributed by atoms with Gasteiger partial charge in [-0.15, -0.1) is 0 Å². The van der Waals surface area contributed by atoms with Gasteiger partial charge in [0.15, 0.2) is 0 Å². The molecule has 1 aliphatic rings. The molecule has 3 aromatic heterocycles. The van der Waals surface area contributed by atoms with Gasteiger partial charge in [0.05, 0.1) is 42.9 Å². The molecule has 0 aliphatic heterocycles. The summed E-state index contributed by atoms with van der Waals surface area (Å²) in [6.07, 6.45) is 12.5. The SMILES string of the molecule is COC(=O)C(C)(C)Cn1ccc2c(-c3cnn([C@H](CC#N)C4CCCC4)c3)ncnc21. The average Bonchev–Trinajstić information content (AvgIpc) is 3.52. The molecule has 162 valence electrons. The van der Waals surface area contributed by atoms with Gasteiger partial charge in [0.2, 0.25) is 0 Å². The molecule has 3 aromatic rings. The Morgan fingerprint density at radius 1 is 1.35 bits per heavy atom. The Bertz CT molecular complexity index is 1120. The molecule has 3 heterocycles. The molecule has 8 heteroatoms. The van der Waals surface area contributed by atoms with Crippen molar-refractivity contribution in [2.45, 2.75) is 58.5 Å². The fourth-order valence-electron chi connectivity index (χ4n) is 4.68. The van der Waals surface area contributed by atoms with Gasteiger partial charge in [0.25, 0.3) is 0 Å². The van der Waals surface area contributed by atoms with Crippen LogP contribution in [0.2, 0.25) is 0 Å². The average molecular weight is 421 g/mol. The van der Waals surface area contributed by atoms with Gasteiger partial charge in [-0.05, 0) is 38.7 Å². The molecule has 0 bridgehead atoms. The van der Waals surface area contributed by atoms with E-state index in [1.54, 1.807) is 6.33 Å². The summed E-state index contributed by atoms with van der Waals surface area (Å²) in [4.78, 5) is 21.1. The lowest BCUT2D eigenvalue weighted by molar-refractivity contribution is -0.151. The number of nitrogens with zero attached hydrogens (tertiary/aromatic N) is 6. The summed E-state index contributed by atoms with van der Waals surface area (Å²) in [6.45, 7) is 4.16. The van der Waals surface area contributed by atoms with Crippen LogP contribution in [-0.4, -0.2) is 37.4 Å². The van der Waals surface area contributed by atoms with Crippen molar-refractivity contribution in [1.82, 2.24) is 24.3 Å². The van der Waals surface area contributed by atoms with E-state index in [0.717, 1.165) is 35.1 Å². The van der Waals surface area contributed by atoms with Crippen molar-refractivity contribution in [2.24, 2.45) is 11.3 Å². The second kappa shape index (κ2) is 8.50. The standard InChI is InChI=1S/C23H28N6O2/c1-23(2,22(30)31-3)14-28-11-9-18-20(25-15-26-21(18)28)17-12-27-29(13-17)19(8-10-24)16-6-4-5-7-16/h9,11-13,15-16,19H,4-8,14H2,1-3H3/t19-/m1/s1. The zero-order chi connectivity index (χ0) is 22.0. The molecule has 0 radical (unpaired) electrons. The van der Waals surface area contributed by atoms with Gasteiger partial charge in [-0.25, -0.2) is 9.97 Å². The maximum Gasteiger partial charge on any atom is 0.313 e. The Balaban J connectivity index is 1.66. The van der Waals surface area contributed by atoms with E-state index >= 15 is 0 Å². The number of nitriles is 1. The van der Waals surface area contributed by atoms with Gasteiger partial charge in [-0.2, -0.15) is 10.4 Å². The van der Waals surface area contributed by atoms with E-state index in [2.05, 4.69) is 21.1 Å². The minimum absolute atomic E-state index is 0.101. The second-order valence-electron chi connectivity index (χ2n) is 8.96. The van der Waals surface area contributed by atoms with Crippen LogP contribution >= 0.6 is 0 Å². The number of hydrogen-bond acceptors (Lipinski definition) is 6. The summed E-state index contributed by atoms with van der Waals surface area (Å²) in [5.41, 5.74) is 1.79. The molecule has 0 spiro atoms. The topological polar surface area (TPSA) is 98.6 Å². The van der Waals surface area contributed by atoms with Crippen molar-refractivity contribution in [3.8, 4) is 17.3 Å². The summed E-state index contributed by atoms with van der Waals surface area (Å²) >= 11 is 0. The number of hydrogen-bond donors (Lipinski definition) is 0. The molecule has 1 aliphatic carbocycles. The van der Waals surface area contributed by atoms with Gasteiger partial charge < -0.3 is 9.30 Å². The predicted octanol–water partition coefficient (Wildman–Crippen LogP) is 4.14. The van der Waals surface area contributed by atoms with Crippen LogP contribution in [0.4, 0.5) is 0 Å². The quantitative estimate of drug-likeness (QED) is 0.533. The largest absolute Gasteiger partial charge is 0.469 e. The molecule has 0 aromatic carbocycles. The van der Waals surface area contributed by atoms with Gasteiger partial charge in [-0.1, -0.05) is 12.8 Å². The summed E-state index contributed by atoms with van der Waals surface area (Å²) < 4.78 is 8.84. The van der Waals surface area contributed by atoms with E-state index in [1.165, 1.54) is 20.0 Å². The van der Waals surface area contributed by atoms with Gasteiger partial charge in [0, 0.05) is 29.9 Å². The molecule has 0 amide bonds. The maximum atomic E-state index is 12.1. The summed E-state index contributed by atoms with van der Waals surface area (Å²) in [7, 11) is 1.40. The molecule has 0 saturated heterocycles. The van der Waals surface area contributed by atoms with E-state index in [-0.39, 0.29) is 12.0 Å². The summed E-state index contributed by atoms with van der Waals surface area (Å²) in [6, 6.07) is 4.41. The van der Waals surface area contributed by atoms with Gasteiger partial charge >= 0.3 is 5.97 Å². The first-order valence-corrected chi connectivity index (χ1v) is 10.7. The lowest BCUT2D eigenvalue weighted by Crippen LogP contribution is -2.30. The van der Waals surface area contributed by atoms with Crippen molar-refractivity contribution in [1.29, 1.82) is 5.26 Å². The smallest absolute Gasteiger partial charge is 0.313 e. The van der Waals surface area contributed by atoms with Gasteiger partial charge in [-0.3, -0.25) is 9.48 Å². The lowest BCUT2D eigenvalue weighted by atomic mass is 9.94. The van der Waals surface area contributed by atoms with Gasteiger partial charge in [0.1, 0.15) is 12.0 Å². The number of aromatic nitrogens is 5. The second-order valence-corrected chi connectivity index (χ2v) is 8.96. The van der Waals surface area contributed by atoms with Crippen LogP contribution < -0.4 is 0 Å². The third-order valence-electron chi connectivity index (χ3n) is 6.32. The minimum Gasteiger partial charge on any atom is -0.469 e. The summed E-state index contributed by atoms with van der Waals surface area (Å²) in [5, 5.41) is 14.8. The van der Waals surface area contributed by atoms with Crippen molar-refractivity contribution in [3.63, 3.8) is 0 Å². The molecular weight excluding hydrogens is 392 g/mol. The Morgan fingerprint density at radius 3 is 2.84 bits per heavy atom. The zero-order valence-corrected chi connectivity index (χ0v) is 18.3. The van der Waals surface area contributed by atoms with Crippen molar-refractivity contribution >= 4 is 17.0 Å². The number of carbonyl (C=O) groups excluding carboxylic acids is 1.